The van der Waals surface area contributed by atoms with Crippen molar-refractivity contribution in [2.24, 2.45) is 4.99 Å². The number of para-hydroxylation sites is 2. The third-order valence-corrected chi connectivity index (χ3v) is 10.7. The molecule has 0 atom stereocenters. The van der Waals surface area contributed by atoms with Gasteiger partial charge < -0.3 is 8.83 Å². The SMILES string of the molecule is C1=C(c2ccccc2)CC=C(c2ccc3ccc4ccccc4c3c2)N=C1c1cc(-c2ccc3c(c2)oc2ccccc23)cc2oc3ccccc3c12. The van der Waals surface area contributed by atoms with Crippen LogP contribution in [0.4, 0.5) is 0 Å². The number of allylic oxidation sites excluding steroid dienone is 3. The number of benzene rings is 8. The molecule has 0 unspecified atom stereocenters. The predicted octanol–water partition coefficient (Wildman–Crippen LogP) is 13.8. The quantitative estimate of drug-likeness (QED) is 0.174. The molecule has 248 valence electrons. The van der Waals surface area contributed by atoms with Crippen molar-refractivity contribution in [3.05, 3.63) is 193 Å². The predicted molar refractivity (Wildman–Crippen MR) is 221 cm³/mol. The molecular weight excluding hydrogens is 647 g/mol. The van der Waals surface area contributed by atoms with Crippen LogP contribution in [0.15, 0.2) is 190 Å². The molecule has 2 aromatic heterocycles. The highest BCUT2D eigenvalue weighted by atomic mass is 16.3. The molecule has 0 amide bonds. The van der Waals surface area contributed by atoms with Gasteiger partial charge in [0, 0.05) is 32.7 Å². The molecule has 1 aliphatic rings. The van der Waals surface area contributed by atoms with E-state index in [1.807, 2.05) is 24.3 Å². The van der Waals surface area contributed by atoms with E-state index in [9.17, 15) is 0 Å². The standard InChI is InChI=1S/C50H31NO2/c1-2-10-31(11-3-1)34-23-25-44(36-21-20-33-19-18-32-12-4-5-13-38(32)42(33)26-36)51-45(28-34)43-27-37(30-49-50(43)41-15-7-9-17-47(41)53-49)35-22-24-40-39-14-6-8-16-46(39)52-48(40)29-35/h1-22,24-30H,23H2. The maximum atomic E-state index is 6.61. The van der Waals surface area contributed by atoms with Gasteiger partial charge in [0.2, 0.25) is 0 Å². The van der Waals surface area contributed by atoms with E-state index in [2.05, 4.69) is 152 Å². The van der Waals surface area contributed by atoms with Gasteiger partial charge in [-0.25, -0.2) is 4.99 Å². The summed E-state index contributed by atoms with van der Waals surface area (Å²) >= 11 is 0. The van der Waals surface area contributed by atoms with Gasteiger partial charge in [-0.15, -0.1) is 0 Å². The van der Waals surface area contributed by atoms with E-state index >= 15 is 0 Å². The first-order valence-electron chi connectivity index (χ1n) is 18.1. The van der Waals surface area contributed by atoms with Gasteiger partial charge in [0.25, 0.3) is 0 Å². The Morgan fingerprint density at radius 2 is 1.06 bits per heavy atom. The largest absolute Gasteiger partial charge is 0.456 e. The molecule has 0 spiro atoms. The molecule has 1 aliphatic heterocycles. The zero-order valence-corrected chi connectivity index (χ0v) is 28.7. The van der Waals surface area contributed by atoms with Crippen molar-refractivity contribution < 1.29 is 8.83 Å². The Kier molecular flexibility index (Phi) is 6.62. The Morgan fingerprint density at radius 1 is 0.415 bits per heavy atom. The van der Waals surface area contributed by atoms with Gasteiger partial charge in [0.1, 0.15) is 22.3 Å². The summed E-state index contributed by atoms with van der Waals surface area (Å²) in [5.41, 5.74) is 11.9. The summed E-state index contributed by atoms with van der Waals surface area (Å²) in [6, 6.07) is 57.9. The van der Waals surface area contributed by atoms with E-state index in [-0.39, 0.29) is 0 Å². The van der Waals surface area contributed by atoms with Crippen LogP contribution in [0.5, 0.6) is 0 Å². The first-order valence-corrected chi connectivity index (χ1v) is 18.1. The second-order valence-electron chi connectivity index (χ2n) is 13.9. The van der Waals surface area contributed by atoms with Crippen LogP contribution in [0.3, 0.4) is 0 Å². The third kappa shape index (κ3) is 4.93. The summed E-state index contributed by atoms with van der Waals surface area (Å²) in [6.45, 7) is 0. The number of nitrogens with zero attached hydrogens (tertiary/aromatic N) is 1. The van der Waals surface area contributed by atoms with Gasteiger partial charge in [0.05, 0.1) is 11.4 Å². The molecule has 8 aromatic carbocycles. The van der Waals surface area contributed by atoms with Crippen molar-refractivity contribution in [3.8, 4) is 11.1 Å². The molecule has 0 saturated heterocycles. The molecule has 0 radical (unpaired) electrons. The van der Waals surface area contributed by atoms with Gasteiger partial charge in [-0.3, -0.25) is 0 Å². The molecule has 11 rings (SSSR count). The fourth-order valence-electron chi connectivity index (χ4n) is 8.10. The third-order valence-electron chi connectivity index (χ3n) is 10.7. The summed E-state index contributed by atoms with van der Waals surface area (Å²) in [5.74, 6) is 0. The molecule has 0 aliphatic carbocycles. The Morgan fingerprint density at radius 3 is 1.92 bits per heavy atom. The molecule has 3 heterocycles. The number of furan rings is 2. The molecule has 10 aromatic rings. The van der Waals surface area contributed by atoms with Crippen LogP contribution in [0, 0.1) is 0 Å². The Labute approximate surface area is 305 Å². The molecule has 0 saturated carbocycles. The summed E-state index contributed by atoms with van der Waals surface area (Å²) in [7, 11) is 0. The number of fused-ring (bicyclic) bond motifs is 9. The lowest BCUT2D eigenvalue weighted by atomic mass is 9.93. The van der Waals surface area contributed by atoms with Crippen molar-refractivity contribution in [1.29, 1.82) is 0 Å². The fourth-order valence-corrected chi connectivity index (χ4v) is 8.10. The maximum absolute atomic E-state index is 6.61. The molecule has 3 heteroatoms. The highest BCUT2D eigenvalue weighted by molar-refractivity contribution is 6.25. The Bertz CT molecular complexity index is 3190. The zero-order valence-electron chi connectivity index (χ0n) is 28.7. The van der Waals surface area contributed by atoms with Crippen molar-refractivity contribution in [3.63, 3.8) is 0 Å². The first-order chi connectivity index (χ1) is 26.2. The lowest BCUT2D eigenvalue weighted by Gasteiger charge is -2.11. The average Bonchev–Trinajstić information content (AvgIpc) is 3.70. The topological polar surface area (TPSA) is 38.6 Å². The van der Waals surface area contributed by atoms with Gasteiger partial charge in [0.15, 0.2) is 0 Å². The van der Waals surface area contributed by atoms with Crippen LogP contribution in [0.25, 0.3) is 87.8 Å². The summed E-state index contributed by atoms with van der Waals surface area (Å²) in [5, 5.41) is 9.28. The lowest BCUT2D eigenvalue weighted by Crippen LogP contribution is -2.00. The second kappa shape index (κ2) is 11.8. The summed E-state index contributed by atoms with van der Waals surface area (Å²) in [4.78, 5) is 5.57. The number of hydrogen-bond acceptors (Lipinski definition) is 3. The number of hydrogen-bond donors (Lipinski definition) is 0. The van der Waals surface area contributed by atoms with Gasteiger partial charge in [-0.1, -0.05) is 127 Å². The van der Waals surface area contributed by atoms with Crippen LogP contribution in [0.1, 0.15) is 23.1 Å². The van der Waals surface area contributed by atoms with Crippen molar-refractivity contribution >= 4 is 82.4 Å². The van der Waals surface area contributed by atoms with E-state index in [0.717, 1.165) is 84.0 Å². The van der Waals surface area contributed by atoms with Gasteiger partial charge in [-0.05, 0) is 98.8 Å². The molecular formula is C50H31NO2. The number of rotatable bonds is 4. The van der Waals surface area contributed by atoms with Crippen LogP contribution >= 0.6 is 0 Å². The van der Waals surface area contributed by atoms with Crippen molar-refractivity contribution in [1.82, 2.24) is 0 Å². The highest BCUT2D eigenvalue weighted by Gasteiger charge is 2.20. The van der Waals surface area contributed by atoms with E-state index in [0.29, 0.717) is 0 Å². The average molecular weight is 678 g/mol. The van der Waals surface area contributed by atoms with E-state index in [1.165, 1.54) is 32.7 Å². The van der Waals surface area contributed by atoms with Crippen molar-refractivity contribution in [2.45, 2.75) is 6.42 Å². The highest BCUT2D eigenvalue weighted by Crippen LogP contribution is 2.40. The Balaban J connectivity index is 1.16. The number of aliphatic imine (C=N–C) groups is 1. The molecule has 3 nitrogen and oxygen atoms in total. The van der Waals surface area contributed by atoms with Crippen LogP contribution < -0.4 is 0 Å². The van der Waals surface area contributed by atoms with E-state index in [4.69, 9.17) is 13.8 Å². The fraction of sp³-hybridized carbons (Fsp3) is 0.0200. The smallest absolute Gasteiger partial charge is 0.136 e. The Hall–Kier alpha value is -6.97. The lowest BCUT2D eigenvalue weighted by molar-refractivity contribution is 0.668. The molecule has 0 fully saturated rings. The first kappa shape index (κ1) is 29.7. The monoisotopic (exact) mass is 677 g/mol. The van der Waals surface area contributed by atoms with E-state index < -0.39 is 0 Å². The zero-order chi connectivity index (χ0) is 34.9. The van der Waals surface area contributed by atoms with Gasteiger partial charge in [-0.2, -0.15) is 0 Å². The second-order valence-corrected chi connectivity index (χ2v) is 13.9. The minimum absolute atomic E-state index is 0.748. The minimum Gasteiger partial charge on any atom is -0.456 e. The maximum Gasteiger partial charge on any atom is 0.136 e. The summed E-state index contributed by atoms with van der Waals surface area (Å²) in [6.07, 6.45) is 5.30. The molecule has 0 bridgehead atoms. The normalized spacial score (nSPS) is 13.5. The van der Waals surface area contributed by atoms with Crippen LogP contribution in [0.2, 0.25) is 0 Å². The van der Waals surface area contributed by atoms with Crippen LogP contribution in [-0.2, 0) is 0 Å². The van der Waals surface area contributed by atoms with Gasteiger partial charge >= 0.3 is 0 Å². The molecule has 53 heavy (non-hydrogen) atoms. The molecule has 0 N–H and O–H groups in total. The minimum atomic E-state index is 0.748. The van der Waals surface area contributed by atoms with E-state index in [1.54, 1.807) is 0 Å². The van der Waals surface area contributed by atoms with Crippen molar-refractivity contribution in [2.75, 3.05) is 0 Å². The van der Waals surface area contributed by atoms with Crippen LogP contribution in [-0.4, -0.2) is 5.71 Å². The summed E-state index contributed by atoms with van der Waals surface area (Å²) < 4.78 is 12.9.